The zero-order valence-electron chi connectivity index (χ0n) is 12.9. The molecule has 0 aromatic heterocycles. The number of carboxylic acids is 1. The van der Waals surface area contributed by atoms with Crippen LogP contribution in [0.2, 0.25) is 5.02 Å². The van der Waals surface area contributed by atoms with Crippen molar-refractivity contribution in [3.63, 3.8) is 0 Å². The van der Waals surface area contributed by atoms with Crippen molar-refractivity contribution in [3.05, 3.63) is 34.9 Å². The van der Waals surface area contributed by atoms with Gasteiger partial charge in [0.25, 0.3) is 5.91 Å². The van der Waals surface area contributed by atoms with E-state index in [1.807, 2.05) is 7.05 Å². The Labute approximate surface area is 139 Å². The number of hydrogen-bond acceptors (Lipinski definition) is 4. The lowest BCUT2D eigenvalue weighted by atomic mass is 9.97. The van der Waals surface area contributed by atoms with Crippen molar-refractivity contribution >= 4 is 23.5 Å². The molecular formula is C16H19ClN2O4. The maximum Gasteiger partial charge on any atom is 0.328 e. The van der Waals surface area contributed by atoms with Gasteiger partial charge in [-0.1, -0.05) is 23.7 Å². The van der Waals surface area contributed by atoms with E-state index in [4.69, 9.17) is 16.3 Å². The minimum Gasteiger partial charge on any atom is -0.480 e. The summed E-state index contributed by atoms with van der Waals surface area (Å²) < 4.78 is 5.85. The molecule has 1 N–H and O–H groups in total. The number of hydrogen-bond donors (Lipinski definition) is 1. The van der Waals surface area contributed by atoms with Gasteiger partial charge < -0.3 is 14.7 Å². The van der Waals surface area contributed by atoms with Gasteiger partial charge in [-0.25, -0.2) is 4.79 Å². The van der Waals surface area contributed by atoms with Gasteiger partial charge in [0, 0.05) is 25.9 Å². The zero-order valence-corrected chi connectivity index (χ0v) is 13.6. The summed E-state index contributed by atoms with van der Waals surface area (Å²) in [6, 6.07) is 5.71. The predicted octanol–water partition coefficient (Wildman–Crippen LogP) is 1.69. The zero-order chi connectivity index (χ0) is 16.6. The van der Waals surface area contributed by atoms with Crippen LogP contribution in [0.5, 0.6) is 0 Å². The highest BCUT2D eigenvalue weighted by Crippen LogP contribution is 2.38. The quantitative estimate of drug-likeness (QED) is 0.888. The molecular weight excluding hydrogens is 320 g/mol. The van der Waals surface area contributed by atoms with Crippen molar-refractivity contribution in [1.82, 2.24) is 9.80 Å². The molecule has 0 radical (unpaired) electrons. The van der Waals surface area contributed by atoms with E-state index in [2.05, 4.69) is 4.90 Å². The van der Waals surface area contributed by atoms with E-state index in [1.54, 1.807) is 24.3 Å². The number of aliphatic carboxylic acids is 1. The van der Waals surface area contributed by atoms with E-state index in [-0.39, 0.29) is 12.5 Å². The molecule has 0 bridgehead atoms. The predicted molar refractivity (Wildman–Crippen MR) is 84.5 cm³/mol. The number of benzene rings is 1. The molecule has 1 amide bonds. The molecule has 2 fully saturated rings. The number of carbonyl (C=O) groups excluding carboxylic acids is 1. The number of nitrogens with zero attached hydrogens (tertiary/aromatic N) is 2. The fraction of sp³-hybridized carbons (Fsp3) is 0.500. The second-order valence-corrected chi connectivity index (χ2v) is 6.48. The molecule has 2 heterocycles. The van der Waals surface area contributed by atoms with Gasteiger partial charge in [-0.15, -0.1) is 0 Å². The van der Waals surface area contributed by atoms with Crippen LogP contribution in [-0.4, -0.2) is 65.3 Å². The SMILES string of the molecule is CN1CCC2(CC1)OC[C@H](C(=O)O)N2C(=O)c1ccccc1Cl. The second kappa shape index (κ2) is 6.11. The Morgan fingerprint density at radius 3 is 2.57 bits per heavy atom. The molecule has 1 spiro atoms. The number of ether oxygens (including phenoxy) is 1. The number of amides is 1. The van der Waals surface area contributed by atoms with Crippen LogP contribution >= 0.6 is 11.6 Å². The molecule has 0 aliphatic carbocycles. The summed E-state index contributed by atoms with van der Waals surface area (Å²) in [7, 11) is 2.00. The van der Waals surface area contributed by atoms with Gasteiger partial charge in [0.15, 0.2) is 6.04 Å². The molecule has 124 valence electrons. The van der Waals surface area contributed by atoms with Gasteiger partial charge in [-0.3, -0.25) is 9.69 Å². The molecule has 0 unspecified atom stereocenters. The standard InChI is InChI=1S/C16H19ClN2O4/c1-18-8-6-16(7-9-18)19(13(10-23-16)15(21)22)14(20)11-4-2-3-5-12(11)17/h2-5,13H,6-10H2,1H3,(H,21,22)/t13-/m1/s1. The molecule has 0 saturated carbocycles. The van der Waals surface area contributed by atoms with Gasteiger partial charge in [0.2, 0.25) is 0 Å². The molecule has 1 atom stereocenters. The molecule has 7 heteroatoms. The van der Waals surface area contributed by atoms with Crippen LogP contribution in [0.1, 0.15) is 23.2 Å². The minimum absolute atomic E-state index is 0.00917. The molecule has 1 aromatic carbocycles. The fourth-order valence-corrected chi connectivity index (χ4v) is 3.50. The van der Waals surface area contributed by atoms with Crippen molar-refractivity contribution in [2.24, 2.45) is 0 Å². The molecule has 23 heavy (non-hydrogen) atoms. The highest BCUT2D eigenvalue weighted by atomic mass is 35.5. The lowest BCUT2D eigenvalue weighted by Crippen LogP contribution is -2.57. The highest BCUT2D eigenvalue weighted by molar-refractivity contribution is 6.33. The second-order valence-electron chi connectivity index (χ2n) is 6.07. The van der Waals surface area contributed by atoms with Gasteiger partial charge >= 0.3 is 5.97 Å². The van der Waals surface area contributed by atoms with Gasteiger partial charge in [-0.2, -0.15) is 0 Å². The summed E-state index contributed by atoms with van der Waals surface area (Å²) in [5, 5.41) is 9.81. The van der Waals surface area contributed by atoms with Crippen LogP contribution in [0, 0.1) is 0 Å². The number of carbonyl (C=O) groups is 2. The average Bonchev–Trinajstić information content (AvgIpc) is 2.90. The number of likely N-dealkylation sites (tertiary alicyclic amines) is 1. The molecule has 1 aromatic rings. The number of halogens is 1. The molecule has 3 rings (SSSR count). The average molecular weight is 339 g/mol. The van der Waals surface area contributed by atoms with Gasteiger partial charge in [-0.05, 0) is 19.2 Å². The van der Waals surface area contributed by atoms with Crippen molar-refractivity contribution in [3.8, 4) is 0 Å². The third-order valence-electron chi connectivity index (χ3n) is 4.64. The first-order chi connectivity index (χ1) is 10.9. The summed E-state index contributed by atoms with van der Waals surface area (Å²) >= 11 is 6.13. The Kier molecular flexibility index (Phi) is 4.31. The molecule has 2 aliphatic rings. The number of carboxylic acid groups (broad SMARTS) is 1. The summed E-state index contributed by atoms with van der Waals surface area (Å²) in [5.74, 6) is -1.44. The minimum atomic E-state index is -1.05. The van der Waals surface area contributed by atoms with E-state index in [9.17, 15) is 14.7 Å². The van der Waals surface area contributed by atoms with Crippen LogP contribution in [0.15, 0.2) is 24.3 Å². The third kappa shape index (κ3) is 2.82. The van der Waals surface area contributed by atoms with Gasteiger partial charge in [0.1, 0.15) is 5.72 Å². The first-order valence-corrected chi connectivity index (χ1v) is 7.96. The topological polar surface area (TPSA) is 70.1 Å². The van der Waals surface area contributed by atoms with E-state index in [0.717, 1.165) is 13.1 Å². The van der Waals surface area contributed by atoms with Gasteiger partial charge in [0.05, 0.1) is 17.2 Å². The largest absolute Gasteiger partial charge is 0.480 e. The lowest BCUT2D eigenvalue weighted by molar-refractivity contribution is -0.143. The van der Waals surface area contributed by atoms with E-state index >= 15 is 0 Å². The van der Waals surface area contributed by atoms with Crippen molar-refractivity contribution in [2.75, 3.05) is 26.7 Å². The van der Waals surface area contributed by atoms with E-state index in [0.29, 0.717) is 23.4 Å². The Morgan fingerprint density at radius 2 is 1.96 bits per heavy atom. The maximum absolute atomic E-state index is 13.0. The molecule has 6 nitrogen and oxygen atoms in total. The van der Waals surface area contributed by atoms with E-state index in [1.165, 1.54) is 4.90 Å². The molecule has 2 saturated heterocycles. The summed E-state index contributed by atoms with van der Waals surface area (Å²) in [6.45, 7) is 1.51. The summed E-state index contributed by atoms with van der Waals surface area (Å²) in [6.07, 6.45) is 1.17. The monoisotopic (exact) mass is 338 g/mol. The van der Waals surface area contributed by atoms with Crippen LogP contribution in [0.4, 0.5) is 0 Å². The Balaban J connectivity index is 1.98. The Hall–Kier alpha value is -1.63. The number of rotatable bonds is 2. The van der Waals surface area contributed by atoms with Crippen molar-refractivity contribution in [1.29, 1.82) is 0 Å². The van der Waals surface area contributed by atoms with Crippen LogP contribution in [0.3, 0.4) is 0 Å². The maximum atomic E-state index is 13.0. The van der Waals surface area contributed by atoms with Crippen molar-refractivity contribution in [2.45, 2.75) is 24.6 Å². The van der Waals surface area contributed by atoms with Crippen LogP contribution in [0.25, 0.3) is 0 Å². The fourth-order valence-electron chi connectivity index (χ4n) is 3.29. The normalized spacial score (nSPS) is 24.1. The smallest absolute Gasteiger partial charge is 0.328 e. The molecule has 2 aliphatic heterocycles. The Morgan fingerprint density at radius 1 is 1.30 bits per heavy atom. The number of piperidine rings is 1. The van der Waals surface area contributed by atoms with Crippen molar-refractivity contribution < 1.29 is 19.4 Å². The van der Waals surface area contributed by atoms with Crippen LogP contribution < -0.4 is 0 Å². The highest BCUT2D eigenvalue weighted by Gasteiger charge is 2.53. The summed E-state index contributed by atoms with van der Waals surface area (Å²) in [4.78, 5) is 28.2. The lowest BCUT2D eigenvalue weighted by Gasteiger charge is -2.43. The third-order valence-corrected chi connectivity index (χ3v) is 4.97. The summed E-state index contributed by atoms with van der Waals surface area (Å²) in [5.41, 5.74) is -0.546. The Bertz CT molecular complexity index is 628. The van der Waals surface area contributed by atoms with E-state index < -0.39 is 17.7 Å². The first-order valence-electron chi connectivity index (χ1n) is 7.58. The first kappa shape index (κ1) is 16.2. The van der Waals surface area contributed by atoms with Crippen LogP contribution in [-0.2, 0) is 9.53 Å².